The number of nitrogens with one attached hydrogen (secondary N) is 1. The Hall–Kier alpha value is -0.860. The molecule has 1 fully saturated rings. The maximum Gasteiger partial charge on any atom is 0.0307 e. The highest BCUT2D eigenvalue weighted by atomic mass is 15.2. The Kier molecular flexibility index (Phi) is 4.19. The summed E-state index contributed by atoms with van der Waals surface area (Å²) in [5, 5.41) is 0. The fourth-order valence-electron chi connectivity index (χ4n) is 3.09. The summed E-state index contributed by atoms with van der Waals surface area (Å²) in [6.07, 6.45) is 7.55. The van der Waals surface area contributed by atoms with Gasteiger partial charge in [0.25, 0.3) is 0 Å². The third-order valence-electron chi connectivity index (χ3n) is 4.31. The molecule has 1 aromatic carbocycles. The first kappa shape index (κ1) is 12.6. The minimum atomic E-state index is 0.297. The number of nitrogens with two attached hydrogens (primary N) is 1. The van der Waals surface area contributed by atoms with Crippen LogP contribution >= 0.6 is 0 Å². The molecule has 1 unspecified atom stereocenters. The molecule has 1 aliphatic carbocycles. The lowest BCUT2D eigenvalue weighted by Gasteiger charge is -2.48. The van der Waals surface area contributed by atoms with Crippen molar-refractivity contribution in [2.75, 3.05) is 0 Å². The van der Waals surface area contributed by atoms with Crippen LogP contribution in [0.4, 0.5) is 0 Å². The zero-order valence-electron chi connectivity index (χ0n) is 10.8. The van der Waals surface area contributed by atoms with E-state index in [4.69, 9.17) is 5.84 Å². The molecule has 0 bridgehead atoms. The van der Waals surface area contributed by atoms with Gasteiger partial charge in [-0.15, -0.1) is 0 Å². The van der Waals surface area contributed by atoms with Crippen LogP contribution in [0.25, 0.3) is 0 Å². The molecule has 0 saturated heterocycles. The summed E-state index contributed by atoms with van der Waals surface area (Å²) < 4.78 is 0. The maximum atomic E-state index is 5.80. The normalized spacial score (nSPS) is 19.6. The predicted octanol–water partition coefficient (Wildman–Crippen LogP) is 3.13. The number of hydrogen-bond acceptors (Lipinski definition) is 2. The molecule has 94 valence electrons. The molecular formula is C15H24N2. The molecule has 3 N–H and O–H groups in total. The summed E-state index contributed by atoms with van der Waals surface area (Å²) >= 11 is 0. The van der Waals surface area contributed by atoms with Gasteiger partial charge in [0.1, 0.15) is 0 Å². The van der Waals surface area contributed by atoms with Gasteiger partial charge >= 0.3 is 0 Å². The van der Waals surface area contributed by atoms with Crippen LogP contribution in [0.5, 0.6) is 0 Å². The van der Waals surface area contributed by atoms with Crippen molar-refractivity contribution in [3.63, 3.8) is 0 Å². The zero-order chi connectivity index (χ0) is 12.1. The van der Waals surface area contributed by atoms with Gasteiger partial charge < -0.3 is 0 Å². The van der Waals surface area contributed by atoms with Gasteiger partial charge in [-0.2, -0.15) is 0 Å². The first-order valence-electron chi connectivity index (χ1n) is 6.85. The van der Waals surface area contributed by atoms with E-state index in [1.165, 1.54) is 44.1 Å². The molecule has 2 rings (SSSR count). The van der Waals surface area contributed by atoms with Crippen LogP contribution in [0.15, 0.2) is 30.3 Å². The van der Waals surface area contributed by atoms with Crippen molar-refractivity contribution in [3.05, 3.63) is 35.9 Å². The molecule has 1 aromatic rings. The van der Waals surface area contributed by atoms with Crippen molar-refractivity contribution >= 4 is 0 Å². The lowest BCUT2D eigenvalue weighted by molar-refractivity contribution is 0.160. The van der Waals surface area contributed by atoms with Gasteiger partial charge in [0.05, 0.1) is 0 Å². The fraction of sp³-hybridized carbons (Fsp3) is 0.600. The first-order valence-corrected chi connectivity index (χ1v) is 6.85. The summed E-state index contributed by atoms with van der Waals surface area (Å²) in [7, 11) is 0. The van der Waals surface area contributed by atoms with E-state index in [0.717, 1.165) is 0 Å². The Morgan fingerprint density at radius 3 is 2.47 bits per heavy atom. The van der Waals surface area contributed by atoms with Crippen LogP contribution < -0.4 is 11.3 Å². The van der Waals surface area contributed by atoms with Gasteiger partial charge in [-0.05, 0) is 24.8 Å². The minimum Gasteiger partial charge on any atom is -0.271 e. The second-order valence-electron chi connectivity index (χ2n) is 5.24. The lowest BCUT2D eigenvalue weighted by Crippen LogP contribution is -2.54. The Labute approximate surface area is 105 Å². The van der Waals surface area contributed by atoms with Crippen LogP contribution in [0, 0.1) is 0 Å². The van der Waals surface area contributed by atoms with Crippen LogP contribution in [0.3, 0.4) is 0 Å². The monoisotopic (exact) mass is 232 g/mol. The number of hydrogen-bond donors (Lipinski definition) is 2. The lowest BCUT2D eigenvalue weighted by atomic mass is 9.59. The average molecular weight is 232 g/mol. The van der Waals surface area contributed by atoms with E-state index in [1.807, 2.05) is 0 Å². The van der Waals surface area contributed by atoms with E-state index in [1.54, 1.807) is 0 Å². The van der Waals surface area contributed by atoms with E-state index >= 15 is 0 Å². The van der Waals surface area contributed by atoms with E-state index in [2.05, 4.69) is 42.7 Å². The van der Waals surface area contributed by atoms with Crippen LogP contribution in [0.2, 0.25) is 0 Å². The van der Waals surface area contributed by atoms with Crippen molar-refractivity contribution in [2.24, 2.45) is 5.84 Å². The molecule has 2 heteroatoms. The van der Waals surface area contributed by atoms with E-state index in [-0.39, 0.29) is 0 Å². The molecule has 0 spiro atoms. The van der Waals surface area contributed by atoms with Gasteiger partial charge in [0.15, 0.2) is 0 Å². The fourth-order valence-corrected chi connectivity index (χ4v) is 3.09. The molecule has 2 nitrogen and oxygen atoms in total. The second-order valence-corrected chi connectivity index (χ2v) is 5.24. The SMILES string of the molecule is CCCCC(NN)C1(c2ccccc2)CCC1. The molecule has 0 heterocycles. The number of unbranched alkanes of at least 4 members (excludes halogenated alkanes) is 1. The van der Waals surface area contributed by atoms with Gasteiger partial charge in [0.2, 0.25) is 0 Å². The topological polar surface area (TPSA) is 38.0 Å². The smallest absolute Gasteiger partial charge is 0.0307 e. The Morgan fingerprint density at radius 2 is 2.00 bits per heavy atom. The molecule has 0 amide bonds. The van der Waals surface area contributed by atoms with Crippen molar-refractivity contribution in [1.82, 2.24) is 5.43 Å². The summed E-state index contributed by atoms with van der Waals surface area (Å²) in [5.74, 6) is 5.80. The third-order valence-corrected chi connectivity index (χ3v) is 4.31. The van der Waals surface area contributed by atoms with E-state index in [9.17, 15) is 0 Å². The van der Waals surface area contributed by atoms with Crippen molar-refractivity contribution in [1.29, 1.82) is 0 Å². The minimum absolute atomic E-state index is 0.297. The molecule has 1 atom stereocenters. The standard InChI is InChI=1S/C15H24N2/c1-2-3-10-14(17-16)15(11-7-12-15)13-8-5-4-6-9-13/h4-6,8-9,14,17H,2-3,7,10-12,16H2,1H3. The van der Waals surface area contributed by atoms with E-state index in [0.29, 0.717) is 11.5 Å². The predicted molar refractivity (Wildman–Crippen MR) is 72.6 cm³/mol. The summed E-state index contributed by atoms with van der Waals surface area (Å²) in [4.78, 5) is 0. The molecule has 0 aromatic heterocycles. The molecule has 0 aliphatic heterocycles. The second kappa shape index (κ2) is 5.65. The van der Waals surface area contributed by atoms with Crippen molar-refractivity contribution in [3.8, 4) is 0 Å². The highest BCUT2D eigenvalue weighted by Crippen LogP contribution is 2.47. The van der Waals surface area contributed by atoms with Gasteiger partial charge in [-0.3, -0.25) is 11.3 Å². The van der Waals surface area contributed by atoms with Gasteiger partial charge in [0, 0.05) is 11.5 Å². The van der Waals surface area contributed by atoms with Crippen molar-refractivity contribution in [2.45, 2.75) is 56.9 Å². The van der Waals surface area contributed by atoms with E-state index < -0.39 is 0 Å². The largest absolute Gasteiger partial charge is 0.271 e. The Balaban J connectivity index is 2.18. The third kappa shape index (κ3) is 2.38. The number of rotatable bonds is 6. The van der Waals surface area contributed by atoms with Crippen LogP contribution in [0.1, 0.15) is 51.0 Å². The molecule has 1 saturated carbocycles. The molecule has 17 heavy (non-hydrogen) atoms. The summed E-state index contributed by atoms with van der Waals surface area (Å²) in [6, 6.07) is 11.3. The van der Waals surface area contributed by atoms with Gasteiger partial charge in [-0.25, -0.2) is 0 Å². The van der Waals surface area contributed by atoms with Crippen LogP contribution in [-0.4, -0.2) is 6.04 Å². The quantitative estimate of drug-likeness (QED) is 0.584. The average Bonchev–Trinajstić information content (AvgIpc) is 2.33. The highest BCUT2D eigenvalue weighted by Gasteiger charge is 2.44. The Morgan fingerprint density at radius 1 is 1.29 bits per heavy atom. The Bertz CT molecular complexity index is 330. The highest BCUT2D eigenvalue weighted by molar-refractivity contribution is 5.30. The summed E-state index contributed by atoms with van der Waals surface area (Å²) in [6.45, 7) is 2.24. The summed E-state index contributed by atoms with van der Waals surface area (Å²) in [5.41, 5.74) is 4.84. The number of hydrazine groups is 1. The van der Waals surface area contributed by atoms with Crippen LogP contribution in [-0.2, 0) is 5.41 Å². The molecular weight excluding hydrogens is 208 g/mol. The zero-order valence-corrected chi connectivity index (χ0v) is 10.8. The first-order chi connectivity index (χ1) is 8.33. The number of benzene rings is 1. The molecule has 1 aliphatic rings. The maximum absolute atomic E-state index is 5.80. The van der Waals surface area contributed by atoms with Crippen molar-refractivity contribution < 1.29 is 0 Å². The molecule has 0 radical (unpaired) electrons. The van der Waals surface area contributed by atoms with Gasteiger partial charge in [-0.1, -0.05) is 56.5 Å².